The van der Waals surface area contributed by atoms with Crippen LogP contribution in [0.2, 0.25) is 0 Å². The van der Waals surface area contributed by atoms with E-state index in [0.717, 1.165) is 16.3 Å². The SMILES string of the molecule is CC(C)Cc1ccc(C(C)NC(=O)CSc2nnc(OC(C)C)s2)cc1. The molecular weight excluding hydrogens is 366 g/mol. The molecule has 7 heteroatoms. The molecule has 142 valence electrons. The summed E-state index contributed by atoms with van der Waals surface area (Å²) in [6.45, 7) is 10.3. The van der Waals surface area contributed by atoms with E-state index in [9.17, 15) is 4.79 Å². The number of hydrogen-bond donors (Lipinski definition) is 1. The van der Waals surface area contributed by atoms with E-state index >= 15 is 0 Å². The van der Waals surface area contributed by atoms with E-state index < -0.39 is 0 Å². The third-order valence-corrected chi connectivity index (χ3v) is 5.50. The molecule has 0 fully saturated rings. The number of hydrogen-bond acceptors (Lipinski definition) is 6. The highest BCUT2D eigenvalue weighted by Crippen LogP contribution is 2.27. The zero-order valence-corrected chi connectivity index (χ0v) is 17.6. The predicted octanol–water partition coefficient (Wildman–Crippen LogP) is 4.49. The number of aromatic nitrogens is 2. The lowest BCUT2D eigenvalue weighted by Crippen LogP contribution is -2.28. The van der Waals surface area contributed by atoms with Crippen molar-refractivity contribution in [2.45, 2.75) is 57.5 Å². The summed E-state index contributed by atoms with van der Waals surface area (Å²) < 4.78 is 6.23. The second-order valence-corrected chi connectivity index (χ2v) is 9.08. The van der Waals surface area contributed by atoms with E-state index in [1.165, 1.54) is 28.7 Å². The Labute approximate surface area is 163 Å². The maximum absolute atomic E-state index is 12.2. The molecule has 0 saturated heterocycles. The van der Waals surface area contributed by atoms with Gasteiger partial charge in [-0.1, -0.05) is 55.0 Å². The van der Waals surface area contributed by atoms with E-state index in [4.69, 9.17) is 4.74 Å². The first-order valence-electron chi connectivity index (χ1n) is 8.84. The third-order valence-electron chi connectivity index (χ3n) is 3.55. The Balaban J connectivity index is 1.80. The van der Waals surface area contributed by atoms with Crippen LogP contribution in [-0.4, -0.2) is 28.0 Å². The molecule has 1 aromatic heterocycles. The summed E-state index contributed by atoms with van der Waals surface area (Å²) in [6.07, 6.45) is 1.14. The molecule has 2 aromatic rings. The molecule has 5 nitrogen and oxygen atoms in total. The Morgan fingerprint density at radius 1 is 1.15 bits per heavy atom. The summed E-state index contributed by atoms with van der Waals surface area (Å²) in [5.41, 5.74) is 2.44. The lowest BCUT2D eigenvalue weighted by Gasteiger charge is -2.15. The predicted molar refractivity (Wildman–Crippen MR) is 108 cm³/mol. The van der Waals surface area contributed by atoms with Gasteiger partial charge in [0.2, 0.25) is 5.91 Å². The summed E-state index contributed by atoms with van der Waals surface area (Å²) in [5.74, 6) is 0.934. The van der Waals surface area contributed by atoms with Crippen LogP contribution in [0.1, 0.15) is 51.8 Å². The van der Waals surface area contributed by atoms with Crippen LogP contribution in [0, 0.1) is 5.92 Å². The van der Waals surface area contributed by atoms with Gasteiger partial charge in [-0.2, -0.15) is 0 Å². The molecular formula is C19H27N3O2S2. The summed E-state index contributed by atoms with van der Waals surface area (Å²) in [5, 5.41) is 11.6. The minimum Gasteiger partial charge on any atom is -0.466 e. The fraction of sp³-hybridized carbons (Fsp3) is 0.526. The van der Waals surface area contributed by atoms with Crippen molar-refractivity contribution in [3.8, 4) is 5.19 Å². The minimum absolute atomic E-state index is 0.0183. The average Bonchev–Trinajstić information content (AvgIpc) is 2.99. The molecule has 1 aromatic carbocycles. The Morgan fingerprint density at radius 3 is 2.46 bits per heavy atom. The van der Waals surface area contributed by atoms with E-state index in [1.807, 2.05) is 20.8 Å². The third kappa shape index (κ3) is 6.96. The minimum atomic E-state index is -0.0227. The van der Waals surface area contributed by atoms with Crippen LogP contribution in [0.25, 0.3) is 0 Å². The Kier molecular flexibility index (Phi) is 7.90. The van der Waals surface area contributed by atoms with Crippen LogP contribution in [0.4, 0.5) is 0 Å². The van der Waals surface area contributed by atoms with Gasteiger partial charge in [0, 0.05) is 0 Å². The number of ether oxygens (including phenoxy) is 1. The molecule has 0 spiro atoms. The highest BCUT2D eigenvalue weighted by molar-refractivity contribution is 8.01. The van der Waals surface area contributed by atoms with E-state index in [1.54, 1.807) is 0 Å². The average molecular weight is 394 g/mol. The van der Waals surface area contributed by atoms with Gasteiger partial charge in [0.15, 0.2) is 4.34 Å². The van der Waals surface area contributed by atoms with Gasteiger partial charge in [-0.05, 0) is 55.6 Å². The van der Waals surface area contributed by atoms with Gasteiger partial charge in [0.05, 0.1) is 17.9 Å². The molecule has 1 amide bonds. The first-order chi connectivity index (χ1) is 12.3. The monoisotopic (exact) mass is 393 g/mol. The van der Waals surface area contributed by atoms with Crippen LogP contribution >= 0.6 is 23.1 Å². The number of benzene rings is 1. The highest BCUT2D eigenvalue weighted by Gasteiger charge is 2.13. The van der Waals surface area contributed by atoms with Gasteiger partial charge in [-0.25, -0.2) is 0 Å². The number of carbonyl (C=O) groups excluding carboxylic acids is 1. The first-order valence-corrected chi connectivity index (χ1v) is 10.6. The molecule has 1 N–H and O–H groups in total. The Hall–Kier alpha value is -1.60. The number of amides is 1. The molecule has 1 atom stereocenters. The zero-order chi connectivity index (χ0) is 19.1. The van der Waals surface area contributed by atoms with Crippen LogP contribution in [0.5, 0.6) is 5.19 Å². The van der Waals surface area contributed by atoms with Crippen LogP contribution in [0.15, 0.2) is 28.6 Å². The molecule has 1 unspecified atom stereocenters. The lowest BCUT2D eigenvalue weighted by atomic mass is 10.00. The topological polar surface area (TPSA) is 64.1 Å². The highest BCUT2D eigenvalue weighted by atomic mass is 32.2. The molecule has 0 bridgehead atoms. The maximum atomic E-state index is 12.2. The van der Waals surface area contributed by atoms with Crippen molar-refractivity contribution in [3.05, 3.63) is 35.4 Å². The summed E-state index contributed by atoms with van der Waals surface area (Å²) in [4.78, 5) is 12.2. The van der Waals surface area contributed by atoms with Crippen molar-refractivity contribution >= 4 is 29.0 Å². The van der Waals surface area contributed by atoms with Gasteiger partial charge >= 0.3 is 0 Å². The van der Waals surface area contributed by atoms with Crippen molar-refractivity contribution in [1.82, 2.24) is 15.5 Å². The molecule has 1 heterocycles. The summed E-state index contributed by atoms with van der Waals surface area (Å²) in [7, 11) is 0. The van der Waals surface area contributed by atoms with Crippen LogP contribution in [0.3, 0.4) is 0 Å². The molecule has 2 rings (SSSR count). The molecule has 0 aliphatic carbocycles. The number of thioether (sulfide) groups is 1. The second kappa shape index (κ2) is 9.92. The molecule has 0 saturated carbocycles. The normalized spacial score (nSPS) is 12.4. The Bertz CT molecular complexity index is 699. The second-order valence-electron chi connectivity index (χ2n) is 6.92. The van der Waals surface area contributed by atoms with E-state index in [2.05, 4.69) is 53.6 Å². The van der Waals surface area contributed by atoms with Gasteiger partial charge in [-0.3, -0.25) is 4.79 Å². The van der Waals surface area contributed by atoms with Gasteiger partial charge in [-0.15, -0.1) is 5.10 Å². The molecule has 0 aliphatic heterocycles. The zero-order valence-electron chi connectivity index (χ0n) is 16.0. The van der Waals surface area contributed by atoms with E-state index in [-0.39, 0.29) is 18.1 Å². The molecule has 26 heavy (non-hydrogen) atoms. The quantitative estimate of drug-likeness (QED) is 0.636. The largest absolute Gasteiger partial charge is 0.466 e. The van der Waals surface area contributed by atoms with Crippen LogP contribution in [-0.2, 0) is 11.2 Å². The van der Waals surface area contributed by atoms with Crippen molar-refractivity contribution in [3.63, 3.8) is 0 Å². The van der Waals surface area contributed by atoms with Crippen molar-refractivity contribution < 1.29 is 9.53 Å². The first kappa shape index (κ1) is 20.7. The van der Waals surface area contributed by atoms with Crippen molar-refractivity contribution in [1.29, 1.82) is 0 Å². The standard InChI is InChI=1S/C19H27N3O2S2/c1-12(2)10-15-6-8-16(9-7-15)14(5)20-17(23)11-25-19-22-21-18(26-19)24-13(3)4/h6-9,12-14H,10-11H2,1-5H3,(H,20,23). The maximum Gasteiger partial charge on any atom is 0.295 e. The fourth-order valence-electron chi connectivity index (χ4n) is 2.41. The van der Waals surface area contributed by atoms with E-state index in [0.29, 0.717) is 16.9 Å². The smallest absolute Gasteiger partial charge is 0.295 e. The van der Waals surface area contributed by atoms with Crippen molar-refractivity contribution in [2.75, 3.05) is 5.75 Å². The fourth-order valence-corrected chi connectivity index (χ4v) is 4.03. The lowest BCUT2D eigenvalue weighted by molar-refractivity contribution is -0.119. The summed E-state index contributed by atoms with van der Waals surface area (Å²) >= 11 is 2.74. The molecule has 0 radical (unpaired) electrons. The number of nitrogens with one attached hydrogen (secondary N) is 1. The Morgan fingerprint density at radius 2 is 1.85 bits per heavy atom. The van der Waals surface area contributed by atoms with Gasteiger partial charge < -0.3 is 10.1 Å². The number of carbonyl (C=O) groups is 1. The van der Waals surface area contributed by atoms with Crippen LogP contribution < -0.4 is 10.1 Å². The van der Waals surface area contributed by atoms with Gasteiger partial charge in [0.25, 0.3) is 5.19 Å². The molecule has 0 aliphatic rings. The van der Waals surface area contributed by atoms with Gasteiger partial charge in [0.1, 0.15) is 0 Å². The number of rotatable bonds is 9. The summed E-state index contributed by atoms with van der Waals surface area (Å²) in [6, 6.07) is 8.45. The number of nitrogens with zero attached hydrogens (tertiary/aromatic N) is 2. The van der Waals surface area contributed by atoms with Crippen molar-refractivity contribution in [2.24, 2.45) is 5.92 Å².